The van der Waals surface area contributed by atoms with Crippen LogP contribution in [0, 0.1) is 0 Å². The highest BCUT2D eigenvalue weighted by atomic mass is 35.5. The molecule has 5 nitrogen and oxygen atoms in total. The van der Waals surface area contributed by atoms with Crippen molar-refractivity contribution in [1.82, 2.24) is 14.9 Å². The summed E-state index contributed by atoms with van der Waals surface area (Å²) in [5.41, 5.74) is 0. The second kappa shape index (κ2) is 8.16. The van der Waals surface area contributed by atoms with Gasteiger partial charge < -0.3 is 5.32 Å². The van der Waals surface area contributed by atoms with E-state index in [1.54, 1.807) is 0 Å². The number of hydrogen-bond donors (Lipinski definition) is 2. The molecular weight excluding hydrogens is 354 g/mol. The van der Waals surface area contributed by atoms with Crippen LogP contribution in [0.2, 0.25) is 0 Å². The van der Waals surface area contributed by atoms with Gasteiger partial charge in [0.2, 0.25) is 10.0 Å². The van der Waals surface area contributed by atoms with Crippen molar-refractivity contribution in [2.45, 2.75) is 30.3 Å². The van der Waals surface area contributed by atoms with Gasteiger partial charge in [-0.1, -0.05) is 0 Å². The fourth-order valence-corrected chi connectivity index (χ4v) is 3.52. The van der Waals surface area contributed by atoms with E-state index >= 15 is 0 Å². The fraction of sp³-hybridized carbons (Fsp3) is 1.00. The summed E-state index contributed by atoms with van der Waals surface area (Å²) in [5, 5.41) is 2.48. The summed E-state index contributed by atoms with van der Waals surface area (Å²) in [5.74, 6) is 0. The van der Waals surface area contributed by atoms with Crippen LogP contribution >= 0.6 is 24.8 Å². The Balaban J connectivity index is 0.00000200. The third-order valence-electron chi connectivity index (χ3n) is 3.41. The number of rotatable bonds is 5. The molecule has 1 aliphatic heterocycles. The molecule has 0 spiro atoms. The number of hydrogen-bond acceptors (Lipinski definition) is 4. The van der Waals surface area contributed by atoms with Gasteiger partial charge in [0.05, 0.1) is 5.25 Å². The van der Waals surface area contributed by atoms with Gasteiger partial charge in [0.1, 0.15) is 6.04 Å². The summed E-state index contributed by atoms with van der Waals surface area (Å²) >= 11 is 0. The molecule has 21 heavy (non-hydrogen) atoms. The van der Waals surface area contributed by atoms with Gasteiger partial charge in [-0.3, -0.25) is 4.90 Å². The monoisotopic (exact) mass is 373 g/mol. The van der Waals surface area contributed by atoms with E-state index in [0.29, 0.717) is 25.9 Å². The maximum Gasteiger partial charge on any atom is 0.405 e. The van der Waals surface area contributed by atoms with Gasteiger partial charge in [-0.2, -0.15) is 13.2 Å². The highest BCUT2D eigenvalue weighted by Gasteiger charge is 2.45. The minimum absolute atomic E-state index is 0. The summed E-state index contributed by atoms with van der Waals surface area (Å²) in [4.78, 5) is 1.28. The van der Waals surface area contributed by atoms with E-state index in [2.05, 4.69) is 10.0 Å². The summed E-state index contributed by atoms with van der Waals surface area (Å²) in [6.07, 6.45) is -3.34. The van der Waals surface area contributed by atoms with Gasteiger partial charge in [0.15, 0.2) is 0 Å². The minimum atomic E-state index is -4.43. The first-order valence-electron chi connectivity index (χ1n) is 6.30. The Labute approximate surface area is 134 Å². The molecule has 1 heterocycles. The normalized spacial score (nSPS) is 22.0. The molecule has 0 aromatic carbocycles. The quantitative estimate of drug-likeness (QED) is 0.746. The van der Waals surface area contributed by atoms with Crippen molar-refractivity contribution in [3.63, 3.8) is 0 Å². The number of sulfonamides is 1. The summed E-state index contributed by atoms with van der Waals surface area (Å²) < 4.78 is 64.3. The molecule has 1 atom stereocenters. The molecule has 1 unspecified atom stereocenters. The Morgan fingerprint density at radius 1 is 1.19 bits per heavy atom. The molecule has 2 N–H and O–H groups in total. The standard InChI is InChI=1S/C10H18F3N3O2S.2ClH/c11-10(12,13)9(16-5-3-14-4-6-16)7-15-19(17,18)8-1-2-8;;/h8-9,14-15H,1-7H2;2*1H. The molecule has 1 saturated heterocycles. The Morgan fingerprint density at radius 3 is 2.14 bits per heavy atom. The van der Waals surface area contributed by atoms with Crippen LogP contribution in [0.4, 0.5) is 13.2 Å². The van der Waals surface area contributed by atoms with Crippen LogP contribution in [0.5, 0.6) is 0 Å². The van der Waals surface area contributed by atoms with Crippen molar-refractivity contribution in [3.8, 4) is 0 Å². The Morgan fingerprint density at radius 2 is 1.71 bits per heavy atom. The van der Waals surface area contributed by atoms with E-state index in [-0.39, 0.29) is 37.9 Å². The minimum Gasteiger partial charge on any atom is -0.314 e. The Kier molecular flexibility index (Phi) is 8.24. The predicted octanol–water partition coefficient (Wildman–Crippen LogP) is 0.748. The lowest BCUT2D eigenvalue weighted by Crippen LogP contribution is -2.57. The van der Waals surface area contributed by atoms with Crippen molar-refractivity contribution in [3.05, 3.63) is 0 Å². The van der Waals surface area contributed by atoms with Gasteiger partial charge >= 0.3 is 6.18 Å². The van der Waals surface area contributed by atoms with Crippen LogP contribution in [0.25, 0.3) is 0 Å². The third kappa shape index (κ3) is 6.07. The van der Waals surface area contributed by atoms with E-state index in [9.17, 15) is 21.6 Å². The van der Waals surface area contributed by atoms with Gasteiger partial charge in [0.25, 0.3) is 0 Å². The van der Waals surface area contributed by atoms with Crippen molar-refractivity contribution in [2.24, 2.45) is 0 Å². The number of halogens is 5. The Hall–Kier alpha value is 0.200. The molecule has 128 valence electrons. The van der Waals surface area contributed by atoms with Crippen molar-refractivity contribution in [2.75, 3.05) is 32.7 Å². The third-order valence-corrected chi connectivity index (χ3v) is 5.33. The van der Waals surface area contributed by atoms with E-state index in [0.717, 1.165) is 0 Å². The van der Waals surface area contributed by atoms with Crippen molar-refractivity contribution < 1.29 is 21.6 Å². The molecule has 0 bridgehead atoms. The number of piperazine rings is 1. The van der Waals surface area contributed by atoms with Gasteiger partial charge in [0, 0.05) is 32.7 Å². The molecule has 1 saturated carbocycles. The maximum absolute atomic E-state index is 13.0. The smallest absolute Gasteiger partial charge is 0.314 e. The first kappa shape index (κ1) is 21.2. The lowest BCUT2D eigenvalue weighted by molar-refractivity contribution is -0.182. The summed E-state index contributed by atoms with van der Waals surface area (Å²) in [6.45, 7) is 0.927. The van der Waals surface area contributed by atoms with Crippen molar-refractivity contribution in [1.29, 1.82) is 0 Å². The number of nitrogens with zero attached hydrogens (tertiary/aromatic N) is 1. The lowest BCUT2D eigenvalue weighted by atomic mass is 10.2. The van der Waals surface area contributed by atoms with Crippen LogP contribution in [0.1, 0.15) is 12.8 Å². The van der Waals surface area contributed by atoms with Crippen LogP contribution in [0.15, 0.2) is 0 Å². The molecule has 11 heteroatoms. The average Bonchev–Trinajstić information content (AvgIpc) is 3.12. The summed E-state index contributed by atoms with van der Waals surface area (Å²) in [6, 6.07) is -1.75. The molecule has 0 radical (unpaired) electrons. The van der Waals surface area contributed by atoms with Crippen LogP contribution in [-0.4, -0.2) is 63.5 Å². The Bertz CT molecular complexity index is 412. The van der Waals surface area contributed by atoms with E-state index in [1.807, 2.05) is 0 Å². The van der Waals surface area contributed by atoms with Crippen LogP contribution in [-0.2, 0) is 10.0 Å². The zero-order valence-corrected chi connectivity index (χ0v) is 13.7. The number of nitrogens with one attached hydrogen (secondary N) is 2. The molecule has 2 rings (SSSR count). The highest BCUT2D eigenvalue weighted by molar-refractivity contribution is 7.90. The van der Waals surface area contributed by atoms with E-state index in [4.69, 9.17) is 0 Å². The SMILES string of the molecule is Cl.Cl.O=S(=O)(NCC(N1CCNCC1)C(F)(F)F)C1CC1. The lowest BCUT2D eigenvalue weighted by Gasteiger charge is -2.35. The highest BCUT2D eigenvalue weighted by Crippen LogP contribution is 2.29. The molecule has 2 aliphatic rings. The second-order valence-corrected chi connectivity index (χ2v) is 6.98. The van der Waals surface area contributed by atoms with Gasteiger partial charge in [-0.05, 0) is 12.8 Å². The molecule has 2 fully saturated rings. The van der Waals surface area contributed by atoms with Crippen LogP contribution < -0.4 is 10.0 Å². The molecule has 0 aromatic heterocycles. The van der Waals surface area contributed by atoms with E-state index in [1.165, 1.54) is 4.90 Å². The molecule has 0 amide bonds. The first-order chi connectivity index (χ1) is 8.81. The van der Waals surface area contributed by atoms with Gasteiger partial charge in [-0.25, -0.2) is 13.1 Å². The van der Waals surface area contributed by atoms with E-state index < -0.39 is 34.0 Å². The molecule has 0 aromatic rings. The average molecular weight is 374 g/mol. The fourth-order valence-electron chi connectivity index (χ4n) is 2.14. The maximum atomic E-state index is 13.0. The van der Waals surface area contributed by atoms with Gasteiger partial charge in [-0.15, -0.1) is 24.8 Å². The first-order valence-corrected chi connectivity index (χ1v) is 7.85. The number of alkyl halides is 3. The zero-order valence-electron chi connectivity index (χ0n) is 11.2. The molecular formula is C10H20Cl2F3N3O2S. The topological polar surface area (TPSA) is 61.4 Å². The summed E-state index contributed by atoms with van der Waals surface area (Å²) in [7, 11) is -3.57. The zero-order chi connectivity index (χ0) is 14.1. The van der Waals surface area contributed by atoms with Crippen molar-refractivity contribution >= 4 is 34.8 Å². The second-order valence-electron chi connectivity index (χ2n) is 4.94. The molecule has 1 aliphatic carbocycles. The predicted molar refractivity (Wildman–Crippen MR) is 78.7 cm³/mol. The van der Waals surface area contributed by atoms with Crippen LogP contribution in [0.3, 0.4) is 0 Å². The largest absolute Gasteiger partial charge is 0.405 e.